The van der Waals surface area contributed by atoms with Crippen LogP contribution in [0.1, 0.15) is 28.4 Å². The number of fused-ring (bicyclic) bond motifs is 3. The number of halogens is 1. The van der Waals surface area contributed by atoms with Crippen molar-refractivity contribution in [1.82, 2.24) is 9.88 Å². The van der Waals surface area contributed by atoms with Crippen LogP contribution in [-0.2, 0) is 6.42 Å². The summed E-state index contributed by atoms with van der Waals surface area (Å²) in [5.41, 5.74) is 5.85. The van der Waals surface area contributed by atoms with Crippen molar-refractivity contribution in [1.29, 1.82) is 0 Å². The number of benzene rings is 3. The minimum Gasteiger partial charge on any atom is -0.497 e. The molecule has 7 heteroatoms. The highest BCUT2D eigenvalue weighted by Crippen LogP contribution is 2.40. The number of aryl methyl sites for hydroxylation is 1. The van der Waals surface area contributed by atoms with E-state index in [0.717, 1.165) is 45.6 Å². The van der Waals surface area contributed by atoms with Crippen LogP contribution in [0, 0.1) is 6.92 Å². The summed E-state index contributed by atoms with van der Waals surface area (Å²) in [6, 6.07) is 19.0. The smallest absolute Gasteiger partial charge is 0.322 e. The average Bonchev–Trinajstić information content (AvgIpc) is 3.23. The van der Waals surface area contributed by atoms with Crippen LogP contribution in [0.15, 0.2) is 60.7 Å². The van der Waals surface area contributed by atoms with E-state index in [1.54, 1.807) is 14.2 Å². The molecule has 0 fully saturated rings. The number of hydrogen-bond acceptors (Lipinski definition) is 3. The van der Waals surface area contributed by atoms with Gasteiger partial charge in [-0.3, -0.25) is 0 Å². The lowest BCUT2D eigenvalue weighted by atomic mass is 9.92. The molecule has 0 unspecified atom stereocenters. The van der Waals surface area contributed by atoms with Gasteiger partial charge in [0.25, 0.3) is 0 Å². The van der Waals surface area contributed by atoms with E-state index in [2.05, 4.69) is 16.4 Å². The molecule has 0 saturated heterocycles. The third-order valence-corrected chi connectivity index (χ3v) is 6.71. The van der Waals surface area contributed by atoms with Crippen LogP contribution in [0.4, 0.5) is 10.5 Å². The van der Waals surface area contributed by atoms with Crippen LogP contribution in [-0.4, -0.2) is 36.7 Å². The first-order chi connectivity index (χ1) is 16.5. The number of aromatic amines is 1. The Morgan fingerprint density at radius 1 is 1.03 bits per heavy atom. The van der Waals surface area contributed by atoms with Crippen molar-refractivity contribution < 1.29 is 14.3 Å². The number of ether oxygens (including phenoxy) is 2. The van der Waals surface area contributed by atoms with E-state index in [9.17, 15) is 4.79 Å². The summed E-state index contributed by atoms with van der Waals surface area (Å²) >= 11 is 6.40. The van der Waals surface area contributed by atoms with Gasteiger partial charge in [0.15, 0.2) is 0 Å². The molecule has 3 aromatic carbocycles. The lowest BCUT2D eigenvalue weighted by Crippen LogP contribution is -2.43. The number of carbonyl (C=O) groups excluding carboxylic acids is 1. The Hall–Kier alpha value is -3.64. The Morgan fingerprint density at radius 3 is 2.47 bits per heavy atom. The maximum atomic E-state index is 13.5. The van der Waals surface area contributed by atoms with Crippen molar-refractivity contribution in [2.45, 2.75) is 19.4 Å². The van der Waals surface area contributed by atoms with Crippen LogP contribution in [0.3, 0.4) is 0 Å². The number of H-pyrrole nitrogens is 1. The molecule has 0 radical (unpaired) electrons. The molecule has 5 rings (SSSR count). The van der Waals surface area contributed by atoms with Crippen molar-refractivity contribution in [3.8, 4) is 11.5 Å². The van der Waals surface area contributed by atoms with Gasteiger partial charge in [0.05, 0.1) is 31.0 Å². The van der Waals surface area contributed by atoms with Crippen LogP contribution in [0.5, 0.6) is 11.5 Å². The predicted octanol–water partition coefficient (Wildman–Crippen LogP) is 6.33. The normalized spacial score (nSPS) is 15.2. The molecular weight excluding hydrogens is 450 g/mol. The zero-order valence-electron chi connectivity index (χ0n) is 19.3. The van der Waals surface area contributed by atoms with Gasteiger partial charge < -0.3 is 24.7 Å². The fourth-order valence-electron chi connectivity index (χ4n) is 4.65. The Bertz CT molecular complexity index is 1360. The largest absolute Gasteiger partial charge is 0.497 e. The summed E-state index contributed by atoms with van der Waals surface area (Å²) in [6.07, 6.45) is 0.726. The van der Waals surface area contributed by atoms with E-state index in [1.807, 2.05) is 66.4 Å². The first kappa shape index (κ1) is 22.2. The van der Waals surface area contributed by atoms with Crippen LogP contribution >= 0.6 is 11.6 Å². The number of carbonyl (C=O) groups is 1. The third-order valence-electron chi connectivity index (χ3n) is 6.39. The highest BCUT2D eigenvalue weighted by molar-refractivity contribution is 6.33. The van der Waals surface area contributed by atoms with Gasteiger partial charge in [-0.25, -0.2) is 4.79 Å². The van der Waals surface area contributed by atoms with Gasteiger partial charge in [-0.05, 0) is 72.5 Å². The molecule has 1 aliphatic heterocycles. The van der Waals surface area contributed by atoms with E-state index >= 15 is 0 Å². The standard InChI is InChI=1S/C27H26ClN3O3/c1-16-4-10-24(22(28)14-16)30-27(32)31-13-12-20-21-15-19(34-3)9-11-23(21)29-25(20)26(31)17-5-7-18(33-2)8-6-17/h4-11,14-15,26,29H,12-13H2,1-3H3,(H,30,32)/t26-/m0/s1. The van der Waals surface area contributed by atoms with Crippen LogP contribution in [0.25, 0.3) is 10.9 Å². The molecule has 2 N–H and O–H groups in total. The van der Waals surface area contributed by atoms with Gasteiger partial charge in [0, 0.05) is 23.1 Å². The van der Waals surface area contributed by atoms with Crippen molar-refractivity contribution in [3.63, 3.8) is 0 Å². The highest BCUT2D eigenvalue weighted by Gasteiger charge is 2.35. The molecule has 174 valence electrons. The number of methoxy groups -OCH3 is 2. The summed E-state index contributed by atoms with van der Waals surface area (Å²) < 4.78 is 10.8. The zero-order valence-corrected chi connectivity index (χ0v) is 20.1. The number of nitrogens with one attached hydrogen (secondary N) is 2. The zero-order chi connectivity index (χ0) is 23.8. The van der Waals surface area contributed by atoms with Gasteiger partial charge in [-0.15, -0.1) is 0 Å². The summed E-state index contributed by atoms with van der Waals surface area (Å²) in [7, 11) is 3.31. The summed E-state index contributed by atoms with van der Waals surface area (Å²) in [5.74, 6) is 1.58. The molecule has 34 heavy (non-hydrogen) atoms. The first-order valence-corrected chi connectivity index (χ1v) is 11.5. The molecule has 6 nitrogen and oxygen atoms in total. The second kappa shape index (κ2) is 8.95. The average molecular weight is 476 g/mol. The van der Waals surface area contributed by atoms with Gasteiger partial charge >= 0.3 is 6.03 Å². The van der Waals surface area contributed by atoms with E-state index in [1.165, 1.54) is 5.56 Å². The summed E-state index contributed by atoms with van der Waals surface area (Å²) in [5, 5.41) is 4.65. The number of urea groups is 1. The molecule has 0 bridgehead atoms. The summed E-state index contributed by atoms with van der Waals surface area (Å²) in [4.78, 5) is 19.0. The topological polar surface area (TPSA) is 66.6 Å². The highest BCUT2D eigenvalue weighted by atomic mass is 35.5. The second-order valence-corrected chi connectivity index (χ2v) is 8.87. The third kappa shape index (κ3) is 3.94. The number of rotatable bonds is 4. The van der Waals surface area contributed by atoms with Crippen molar-refractivity contribution in [3.05, 3.63) is 88.1 Å². The van der Waals surface area contributed by atoms with Gasteiger partial charge in [0.2, 0.25) is 0 Å². The number of nitrogens with zero attached hydrogens (tertiary/aromatic N) is 1. The number of aromatic nitrogens is 1. The van der Waals surface area contributed by atoms with Crippen molar-refractivity contribution >= 4 is 34.2 Å². The maximum absolute atomic E-state index is 13.5. The van der Waals surface area contributed by atoms with E-state index in [-0.39, 0.29) is 12.1 Å². The number of hydrogen-bond donors (Lipinski definition) is 2. The first-order valence-electron chi connectivity index (χ1n) is 11.1. The Kier molecular flexibility index (Phi) is 5.84. The molecule has 4 aromatic rings. The quantitative estimate of drug-likeness (QED) is 0.362. The van der Waals surface area contributed by atoms with Crippen molar-refractivity contribution in [2.24, 2.45) is 0 Å². The molecular formula is C27H26ClN3O3. The van der Waals surface area contributed by atoms with E-state index in [4.69, 9.17) is 21.1 Å². The minimum absolute atomic E-state index is 0.201. The molecule has 1 aromatic heterocycles. The molecule has 1 atom stereocenters. The van der Waals surface area contributed by atoms with Crippen molar-refractivity contribution in [2.75, 3.05) is 26.1 Å². The molecule has 0 spiro atoms. The van der Waals surface area contributed by atoms with E-state index in [0.29, 0.717) is 17.3 Å². The van der Waals surface area contributed by atoms with Crippen LogP contribution < -0.4 is 14.8 Å². The Balaban J connectivity index is 1.58. The molecule has 1 aliphatic rings. The van der Waals surface area contributed by atoms with Gasteiger partial charge in [-0.1, -0.05) is 29.8 Å². The lowest BCUT2D eigenvalue weighted by molar-refractivity contribution is 0.193. The lowest BCUT2D eigenvalue weighted by Gasteiger charge is -2.36. The number of anilines is 1. The predicted molar refractivity (Wildman–Crippen MR) is 135 cm³/mol. The monoisotopic (exact) mass is 475 g/mol. The van der Waals surface area contributed by atoms with Gasteiger partial charge in [0.1, 0.15) is 11.5 Å². The minimum atomic E-state index is -0.294. The Morgan fingerprint density at radius 2 is 1.76 bits per heavy atom. The molecule has 2 heterocycles. The molecule has 0 aliphatic carbocycles. The van der Waals surface area contributed by atoms with Crippen LogP contribution in [0.2, 0.25) is 5.02 Å². The SMILES string of the molecule is COc1ccc([C@H]2c3[nH]c4ccc(OC)cc4c3CCN2C(=O)Nc2ccc(C)cc2Cl)cc1. The fraction of sp³-hybridized carbons (Fsp3) is 0.222. The second-order valence-electron chi connectivity index (χ2n) is 8.46. The number of amides is 2. The van der Waals surface area contributed by atoms with E-state index < -0.39 is 0 Å². The Labute approximate surface area is 203 Å². The summed E-state index contributed by atoms with van der Waals surface area (Å²) in [6.45, 7) is 2.53. The fourth-order valence-corrected chi connectivity index (χ4v) is 4.94. The molecule has 0 saturated carbocycles. The van der Waals surface area contributed by atoms with Gasteiger partial charge in [-0.2, -0.15) is 0 Å². The molecule has 2 amide bonds. The maximum Gasteiger partial charge on any atom is 0.322 e.